The topological polar surface area (TPSA) is 67.2 Å². The van der Waals surface area contributed by atoms with E-state index in [-0.39, 0.29) is 24.2 Å². The number of imidazole rings is 1. The lowest BCUT2D eigenvalue weighted by molar-refractivity contribution is -0.126. The molecule has 1 aromatic heterocycles. The molecule has 7 heteroatoms. The Morgan fingerprint density at radius 3 is 3.04 bits per heavy atom. The fraction of sp³-hybridized carbons (Fsp3) is 0.312. The van der Waals surface area contributed by atoms with Crippen molar-refractivity contribution in [2.24, 2.45) is 5.92 Å². The summed E-state index contributed by atoms with van der Waals surface area (Å²) in [6, 6.07) is 7.11. The van der Waals surface area contributed by atoms with E-state index in [1.165, 1.54) is 0 Å². The maximum absolute atomic E-state index is 12.2. The van der Waals surface area contributed by atoms with E-state index < -0.39 is 0 Å². The third-order valence-corrected chi connectivity index (χ3v) is 4.08. The second-order valence-corrected chi connectivity index (χ2v) is 5.91. The molecular formula is C16H17ClN4O2. The quantitative estimate of drug-likeness (QED) is 0.906. The van der Waals surface area contributed by atoms with Crippen LogP contribution >= 0.6 is 11.6 Å². The predicted molar refractivity (Wildman–Crippen MR) is 87.1 cm³/mol. The van der Waals surface area contributed by atoms with Gasteiger partial charge in [-0.25, -0.2) is 4.98 Å². The zero-order valence-corrected chi connectivity index (χ0v) is 13.2. The molecular weight excluding hydrogens is 316 g/mol. The SMILES string of the molecule is O=C(NCCn1ccnc1)[C@@H]1CC(=O)N(c2cccc(Cl)c2)C1. The van der Waals surface area contributed by atoms with Crippen LogP contribution in [0.2, 0.25) is 5.02 Å². The van der Waals surface area contributed by atoms with Crippen LogP contribution in [0.4, 0.5) is 5.69 Å². The largest absolute Gasteiger partial charge is 0.354 e. The van der Waals surface area contributed by atoms with E-state index >= 15 is 0 Å². The minimum absolute atomic E-state index is 0.0537. The molecule has 2 aromatic rings. The molecule has 1 atom stereocenters. The third kappa shape index (κ3) is 3.71. The third-order valence-electron chi connectivity index (χ3n) is 3.84. The first-order valence-corrected chi connectivity index (χ1v) is 7.80. The lowest BCUT2D eigenvalue weighted by Crippen LogP contribution is -2.34. The molecule has 0 bridgehead atoms. The number of nitrogens with zero attached hydrogens (tertiary/aromatic N) is 3. The smallest absolute Gasteiger partial charge is 0.227 e. The van der Waals surface area contributed by atoms with Crippen molar-refractivity contribution >= 4 is 29.1 Å². The fourth-order valence-electron chi connectivity index (χ4n) is 2.65. The lowest BCUT2D eigenvalue weighted by atomic mass is 10.1. The zero-order valence-electron chi connectivity index (χ0n) is 12.5. The zero-order chi connectivity index (χ0) is 16.2. The van der Waals surface area contributed by atoms with Crippen molar-refractivity contribution in [3.8, 4) is 0 Å². The van der Waals surface area contributed by atoms with Gasteiger partial charge in [0.15, 0.2) is 0 Å². The van der Waals surface area contributed by atoms with Crippen LogP contribution < -0.4 is 10.2 Å². The molecule has 0 spiro atoms. The van der Waals surface area contributed by atoms with E-state index in [0.717, 1.165) is 5.69 Å². The number of halogens is 1. The number of carbonyl (C=O) groups is 2. The Kier molecular flexibility index (Phi) is 4.62. The Morgan fingerprint density at radius 1 is 1.43 bits per heavy atom. The van der Waals surface area contributed by atoms with Gasteiger partial charge in [-0.2, -0.15) is 0 Å². The summed E-state index contributed by atoms with van der Waals surface area (Å²) in [5, 5.41) is 3.45. The normalized spacial score (nSPS) is 17.5. The monoisotopic (exact) mass is 332 g/mol. The molecule has 0 radical (unpaired) electrons. The summed E-state index contributed by atoms with van der Waals surface area (Å²) in [7, 11) is 0. The molecule has 1 aromatic carbocycles. The molecule has 6 nitrogen and oxygen atoms in total. The minimum Gasteiger partial charge on any atom is -0.354 e. The molecule has 1 aliphatic rings. The Balaban J connectivity index is 1.55. The number of carbonyl (C=O) groups excluding carboxylic acids is 2. The predicted octanol–water partition coefficient (Wildman–Crippen LogP) is 1.71. The maximum atomic E-state index is 12.2. The van der Waals surface area contributed by atoms with Gasteiger partial charge >= 0.3 is 0 Å². The van der Waals surface area contributed by atoms with E-state index in [1.807, 2.05) is 16.8 Å². The van der Waals surface area contributed by atoms with E-state index in [4.69, 9.17) is 11.6 Å². The van der Waals surface area contributed by atoms with Crippen molar-refractivity contribution in [3.05, 3.63) is 48.0 Å². The highest BCUT2D eigenvalue weighted by atomic mass is 35.5. The Morgan fingerprint density at radius 2 is 2.30 bits per heavy atom. The molecule has 120 valence electrons. The maximum Gasteiger partial charge on any atom is 0.227 e. The molecule has 0 aliphatic carbocycles. The molecule has 1 fully saturated rings. The molecule has 0 saturated carbocycles. The standard InChI is InChI=1S/C16H17ClN4O2/c17-13-2-1-3-14(9-13)21-10-12(8-15(21)22)16(23)19-5-7-20-6-4-18-11-20/h1-4,6,9,11-12H,5,7-8,10H2,(H,19,23)/t12-/m1/s1. The molecule has 2 amide bonds. The second-order valence-electron chi connectivity index (χ2n) is 5.48. The van der Waals surface area contributed by atoms with Crippen LogP contribution in [0.15, 0.2) is 43.0 Å². The summed E-state index contributed by atoms with van der Waals surface area (Å²) in [6.45, 7) is 1.55. The van der Waals surface area contributed by atoms with Gasteiger partial charge in [0.1, 0.15) is 0 Å². The van der Waals surface area contributed by atoms with E-state index in [0.29, 0.717) is 24.7 Å². The molecule has 0 unspecified atom stereocenters. The number of nitrogens with one attached hydrogen (secondary N) is 1. The minimum atomic E-state index is -0.329. The van der Waals surface area contributed by atoms with E-state index in [1.54, 1.807) is 35.6 Å². The van der Waals surface area contributed by atoms with Crippen molar-refractivity contribution in [3.63, 3.8) is 0 Å². The number of hydrogen-bond donors (Lipinski definition) is 1. The average molecular weight is 333 g/mol. The summed E-state index contributed by atoms with van der Waals surface area (Å²) in [5.41, 5.74) is 0.733. The van der Waals surface area contributed by atoms with Crippen molar-refractivity contribution in [1.82, 2.24) is 14.9 Å². The van der Waals surface area contributed by atoms with Gasteiger partial charge < -0.3 is 14.8 Å². The molecule has 1 saturated heterocycles. The highest BCUT2D eigenvalue weighted by Crippen LogP contribution is 2.27. The highest BCUT2D eigenvalue weighted by molar-refractivity contribution is 6.30. The summed E-state index contributed by atoms with van der Waals surface area (Å²) in [5.74, 6) is -0.478. The Labute approximate surface area is 139 Å². The van der Waals surface area contributed by atoms with Crippen LogP contribution in [0, 0.1) is 5.92 Å². The number of aromatic nitrogens is 2. The van der Waals surface area contributed by atoms with Crippen LogP contribution in [0.25, 0.3) is 0 Å². The number of rotatable bonds is 5. The molecule has 3 rings (SSSR count). The first-order chi connectivity index (χ1) is 11.1. The van der Waals surface area contributed by atoms with Gasteiger partial charge in [-0.3, -0.25) is 9.59 Å². The summed E-state index contributed by atoms with van der Waals surface area (Å²) >= 11 is 5.96. The highest BCUT2D eigenvalue weighted by Gasteiger charge is 2.34. The van der Waals surface area contributed by atoms with E-state index in [2.05, 4.69) is 10.3 Å². The molecule has 23 heavy (non-hydrogen) atoms. The second kappa shape index (κ2) is 6.83. The molecule has 1 N–H and O–H groups in total. The van der Waals surface area contributed by atoms with E-state index in [9.17, 15) is 9.59 Å². The van der Waals surface area contributed by atoms with Gasteiger partial charge in [0.25, 0.3) is 0 Å². The van der Waals surface area contributed by atoms with Crippen LogP contribution in [0.1, 0.15) is 6.42 Å². The van der Waals surface area contributed by atoms with Crippen LogP contribution in [0.5, 0.6) is 0 Å². The summed E-state index contributed by atoms with van der Waals surface area (Å²) < 4.78 is 1.89. The van der Waals surface area contributed by atoms with Crippen LogP contribution in [0.3, 0.4) is 0 Å². The van der Waals surface area contributed by atoms with Gasteiger partial charge in [0.05, 0.1) is 12.2 Å². The van der Waals surface area contributed by atoms with Gasteiger partial charge in [0, 0.05) is 49.2 Å². The van der Waals surface area contributed by atoms with Crippen LogP contribution in [-0.4, -0.2) is 34.5 Å². The first-order valence-electron chi connectivity index (χ1n) is 7.43. The average Bonchev–Trinajstić information content (AvgIpc) is 3.16. The Bertz CT molecular complexity index is 702. The molecule has 2 heterocycles. The summed E-state index contributed by atoms with van der Waals surface area (Å²) in [4.78, 5) is 29.9. The number of anilines is 1. The van der Waals surface area contributed by atoms with Crippen molar-refractivity contribution < 1.29 is 9.59 Å². The van der Waals surface area contributed by atoms with Crippen molar-refractivity contribution in [1.29, 1.82) is 0 Å². The van der Waals surface area contributed by atoms with Gasteiger partial charge in [0.2, 0.25) is 11.8 Å². The number of amides is 2. The van der Waals surface area contributed by atoms with Crippen LogP contribution in [-0.2, 0) is 16.1 Å². The van der Waals surface area contributed by atoms with Crippen molar-refractivity contribution in [2.45, 2.75) is 13.0 Å². The molecule has 1 aliphatic heterocycles. The van der Waals surface area contributed by atoms with Gasteiger partial charge in [-0.1, -0.05) is 17.7 Å². The first kappa shape index (κ1) is 15.6. The van der Waals surface area contributed by atoms with Gasteiger partial charge in [-0.15, -0.1) is 0 Å². The lowest BCUT2D eigenvalue weighted by Gasteiger charge is -2.17. The fourth-order valence-corrected chi connectivity index (χ4v) is 2.83. The summed E-state index contributed by atoms with van der Waals surface area (Å²) in [6.07, 6.45) is 5.46. The number of benzene rings is 1. The van der Waals surface area contributed by atoms with Crippen molar-refractivity contribution in [2.75, 3.05) is 18.0 Å². The van der Waals surface area contributed by atoms with Gasteiger partial charge in [-0.05, 0) is 18.2 Å². The number of hydrogen-bond acceptors (Lipinski definition) is 3. The Hall–Kier alpha value is -2.34.